The van der Waals surface area contributed by atoms with Gasteiger partial charge in [0.15, 0.2) is 5.13 Å². The molecular weight excluding hydrogens is 378 g/mol. The molecule has 5 nitrogen and oxygen atoms in total. The molecule has 1 heterocycles. The second-order valence-electron chi connectivity index (χ2n) is 6.15. The van der Waals surface area contributed by atoms with Crippen LogP contribution in [-0.2, 0) is 4.79 Å². The summed E-state index contributed by atoms with van der Waals surface area (Å²) < 4.78 is 1.03. The third kappa shape index (κ3) is 5.08. The number of nitrogens with zero attached hydrogens (tertiary/aromatic N) is 1. The topological polar surface area (TPSA) is 71.1 Å². The number of carbonyl (C=O) groups excluding carboxylic acids is 2. The Morgan fingerprint density at radius 2 is 1.96 bits per heavy atom. The van der Waals surface area contributed by atoms with Crippen LogP contribution in [0.5, 0.6) is 0 Å². The van der Waals surface area contributed by atoms with Gasteiger partial charge in [0.05, 0.1) is 10.2 Å². The fourth-order valence-corrected chi connectivity index (χ4v) is 4.05. The van der Waals surface area contributed by atoms with Gasteiger partial charge >= 0.3 is 0 Å². The molecule has 0 saturated carbocycles. The molecule has 27 heavy (non-hydrogen) atoms. The lowest BCUT2D eigenvalue weighted by Gasteiger charge is -2.17. The minimum Gasteiger partial charge on any atom is -0.340 e. The molecular formula is C20H21N3O2S2. The number of nitrogens with one attached hydrogen (secondary N) is 2. The number of rotatable bonds is 7. The molecule has 0 fully saturated rings. The number of amides is 2. The van der Waals surface area contributed by atoms with Crippen molar-refractivity contribution in [2.24, 2.45) is 0 Å². The molecule has 0 aliphatic carbocycles. The van der Waals surface area contributed by atoms with E-state index in [1.807, 2.05) is 37.4 Å². The number of benzene rings is 2. The second-order valence-corrected chi connectivity index (χ2v) is 8.17. The molecule has 2 amide bonds. The van der Waals surface area contributed by atoms with Crippen molar-refractivity contribution in [1.29, 1.82) is 0 Å². The maximum Gasteiger partial charge on any atom is 0.251 e. The zero-order chi connectivity index (χ0) is 19.2. The number of aromatic nitrogens is 1. The predicted octanol–water partition coefficient (Wildman–Crippen LogP) is 4.09. The third-order valence-corrected chi connectivity index (χ3v) is 5.62. The summed E-state index contributed by atoms with van der Waals surface area (Å²) in [6, 6.07) is 14.3. The minimum atomic E-state index is -0.612. The lowest BCUT2D eigenvalue weighted by atomic mass is 10.1. The third-order valence-electron chi connectivity index (χ3n) is 4.04. The number of aryl methyl sites for hydroxylation is 1. The zero-order valence-corrected chi connectivity index (χ0v) is 16.8. The quantitative estimate of drug-likeness (QED) is 0.628. The molecule has 1 aromatic heterocycles. The van der Waals surface area contributed by atoms with Gasteiger partial charge in [-0.25, -0.2) is 4.98 Å². The first kappa shape index (κ1) is 19.4. The fourth-order valence-electron chi connectivity index (χ4n) is 2.61. The van der Waals surface area contributed by atoms with Gasteiger partial charge in [-0.2, -0.15) is 11.8 Å². The summed E-state index contributed by atoms with van der Waals surface area (Å²) in [5, 5.41) is 6.25. The van der Waals surface area contributed by atoms with E-state index in [0.717, 1.165) is 21.5 Å². The molecule has 0 spiro atoms. The smallest absolute Gasteiger partial charge is 0.251 e. The molecule has 0 unspecified atom stereocenters. The average molecular weight is 400 g/mol. The van der Waals surface area contributed by atoms with Crippen molar-refractivity contribution in [3.8, 4) is 0 Å². The van der Waals surface area contributed by atoms with E-state index in [4.69, 9.17) is 0 Å². The molecule has 1 atom stereocenters. The van der Waals surface area contributed by atoms with Crippen LogP contribution < -0.4 is 10.6 Å². The van der Waals surface area contributed by atoms with Gasteiger partial charge in [-0.1, -0.05) is 35.6 Å². The van der Waals surface area contributed by atoms with Crippen molar-refractivity contribution in [2.45, 2.75) is 19.4 Å². The molecule has 0 aliphatic rings. The molecule has 0 saturated heterocycles. The van der Waals surface area contributed by atoms with Crippen LogP contribution in [0.3, 0.4) is 0 Å². The number of carbonyl (C=O) groups is 2. The number of thiazole rings is 1. The summed E-state index contributed by atoms with van der Waals surface area (Å²) in [6.07, 6.45) is 2.53. The Labute approximate surface area is 166 Å². The number of fused-ring (bicyclic) bond motifs is 1. The molecule has 0 bridgehead atoms. The molecule has 7 heteroatoms. The molecule has 0 radical (unpaired) electrons. The van der Waals surface area contributed by atoms with Crippen LogP contribution in [0.1, 0.15) is 22.3 Å². The van der Waals surface area contributed by atoms with E-state index in [2.05, 4.69) is 15.6 Å². The largest absolute Gasteiger partial charge is 0.340 e. The van der Waals surface area contributed by atoms with E-state index in [9.17, 15) is 9.59 Å². The van der Waals surface area contributed by atoms with E-state index in [-0.39, 0.29) is 11.8 Å². The van der Waals surface area contributed by atoms with Gasteiger partial charge in [0.2, 0.25) is 5.91 Å². The Morgan fingerprint density at radius 3 is 2.70 bits per heavy atom. The van der Waals surface area contributed by atoms with Crippen LogP contribution in [0, 0.1) is 6.92 Å². The van der Waals surface area contributed by atoms with Crippen LogP contribution in [0.15, 0.2) is 48.5 Å². The number of hydrogen-bond acceptors (Lipinski definition) is 5. The summed E-state index contributed by atoms with van der Waals surface area (Å²) in [7, 11) is 0. The minimum absolute atomic E-state index is 0.246. The highest BCUT2D eigenvalue weighted by atomic mass is 32.2. The van der Waals surface area contributed by atoms with E-state index in [1.54, 1.807) is 36.0 Å². The standard InChI is InChI=1S/C20H21N3O2S2/c1-13-8-9-15-17(12-13)27-20(22-15)23-19(25)16(10-11-26-2)21-18(24)14-6-4-3-5-7-14/h3-9,12,16H,10-11H2,1-2H3,(H,21,24)(H,22,23,25)/t16-/m0/s1. The number of thioether (sulfide) groups is 1. The molecule has 0 aliphatic heterocycles. The van der Waals surface area contributed by atoms with E-state index < -0.39 is 6.04 Å². The van der Waals surface area contributed by atoms with Crippen LogP contribution in [0.25, 0.3) is 10.2 Å². The van der Waals surface area contributed by atoms with Crippen molar-refractivity contribution in [1.82, 2.24) is 10.3 Å². The van der Waals surface area contributed by atoms with Gasteiger partial charge in [-0.15, -0.1) is 0 Å². The monoisotopic (exact) mass is 399 g/mol. The van der Waals surface area contributed by atoms with Gasteiger partial charge in [0, 0.05) is 5.56 Å². The lowest BCUT2D eigenvalue weighted by molar-refractivity contribution is -0.118. The first-order chi connectivity index (χ1) is 13.1. The Bertz CT molecular complexity index is 941. The van der Waals surface area contributed by atoms with Crippen LogP contribution in [0.2, 0.25) is 0 Å². The summed E-state index contributed by atoms with van der Waals surface area (Å²) in [5.74, 6) is 0.271. The van der Waals surface area contributed by atoms with Gasteiger partial charge < -0.3 is 10.6 Å². The highest BCUT2D eigenvalue weighted by Gasteiger charge is 2.22. The molecule has 2 aromatic carbocycles. The predicted molar refractivity (Wildman–Crippen MR) is 114 cm³/mol. The van der Waals surface area contributed by atoms with E-state index in [0.29, 0.717) is 17.1 Å². The van der Waals surface area contributed by atoms with Gasteiger partial charge in [-0.05, 0) is 55.2 Å². The number of anilines is 1. The van der Waals surface area contributed by atoms with Crippen molar-refractivity contribution < 1.29 is 9.59 Å². The fraction of sp³-hybridized carbons (Fsp3) is 0.250. The Morgan fingerprint density at radius 1 is 1.19 bits per heavy atom. The first-order valence-corrected chi connectivity index (χ1v) is 10.8. The molecule has 140 valence electrons. The van der Waals surface area contributed by atoms with Crippen LogP contribution >= 0.6 is 23.1 Å². The lowest BCUT2D eigenvalue weighted by Crippen LogP contribution is -2.44. The van der Waals surface area contributed by atoms with Crippen LogP contribution in [-0.4, -0.2) is 34.8 Å². The molecule has 3 rings (SSSR count). The Hall–Kier alpha value is -2.38. The van der Waals surface area contributed by atoms with Gasteiger partial charge in [0.1, 0.15) is 6.04 Å². The molecule has 3 aromatic rings. The highest BCUT2D eigenvalue weighted by molar-refractivity contribution is 7.98. The summed E-state index contributed by atoms with van der Waals surface area (Å²) >= 11 is 3.07. The normalized spacial score (nSPS) is 11.9. The second kappa shape index (κ2) is 9.01. The Balaban J connectivity index is 1.72. The number of hydrogen-bond donors (Lipinski definition) is 2. The van der Waals surface area contributed by atoms with E-state index in [1.165, 1.54) is 11.3 Å². The summed E-state index contributed by atoms with van der Waals surface area (Å²) in [5.41, 5.74) is 2.54. The van der Waals surface area contributed by atoms with Crippen LogP contribution in [0.4, 0.5) is 5.13 Å². The maximum atomic E-state index is 12.8. The van der Waals surface area contributed by atoms with Crippen molar-refractivity contribution in [3.63, 3.8) is 0 Å². The Kier molecular flexibility index (Phi) is 6.47. The van der Waals surface area contributed by atoms with Crippen molar-refractivity contribution in [2.75, 3.05) is 17.3 Å². The maximum absolute atomic E-state index is 12.8. The van der Waals surface area contributed by atoms with Gasteiger partial charge in [0.25, 0.3) is 5.91 Å². The average Bonchev–Trinajstić information content (AvgIpc) is 3.06. The van der Waals surface area contributed by atoms with Crippen molar-refractivity contribution >= 4 is 50.3 Å². The summed E-state index contributed by atoms with van der Waals surface area (Å²) in [4.78, 5) is 29.7. The van der Waals surface area contributed by atoms with E-state index >= 15 is 0 Å². The highest BCUT2D eigenvalue weighted by Crippen LogP contribution is 2.26. The van der Waals surface area contributed by atoms with Crippen molar-refractivity contribution in [3.05, 3.63) is 59.7 Å². The van der Waals surface area contributed by atoms with Gasteiger partial charge in [-0.3, -0.25) is 9.59 Å². The molecule has 2 N–H and O–H groups in total. The first-order valence-electron chi connectivity index (χ1n) is 8.59. The summed E-state index contributed by atoms with van der Waals surface area (Å²) in [6.45, 7) is 2.02. The zero-order valence-electron chi connectivity index (χ0n) is 15.2. The SMILES string of the molecule is CSCC[C@H](NC(=O)c1ccccc1)C(=O)Nc1nc2ccc(C)cc2s1.